The molecule has 1 unspecified atom stereocenters. The lowest BCUT2D eigenvalue weighted by atomic mass is 9.80. The van der Waals surface area contributed by atoms with Crippen LogP contribution in [0.3, 0.4) is 0 Å². The molecular formula is C21H23NO2. The summed E-state index contributed by atoms with van der Waals surface area (Å²) in [4.78, 5) is 0. The van der Waals surface area contributed by atoms with E-state index in [1.807, 2.05) is 58.0 Å². The van der Waals surface area contributed by atoms with Gasteiger partial charge in [0.25, 0.3) is 0 Å². The monoisotopic (exact) mass is 321 g/mol. The van der Waals surface area contributed by atoms with Crippen molar-refractivity contribution < 1.29 is 9.47 Å². The fourth-order valence-corrected chi connectivity index (χ4v) is 3.48. The summed E-state index contributed by atoms with van der Waals surface area (Å²) in [7, 11) is 0. The highest BCUT2D eigenvalue weighted by atomic mass is 16.6. The number of nitrogens with zero attached hydrogens (tertiary/aromatic N) is 1. The Morgan fingerprint density at radius 3 is 2.38 bits per heavy atom. The van der Waals surface area contributed by atoms with Gasteiger partial charge in [0.15, 0.2) is 5.60 Å². The fourth-order valence-electron chi connectivity index (χ4n) is 3.48. The molecule has 1 aliphatic heterocycles. The van der Waals surface area contributed by atoms with E-state index in [1.54, 1.807) is 0 Å². The highest BCUT2D eigenvalue weighted by Crippen LogP contribution is 2.53. The molecule has 1 atom stereocenters. The molecule has 1 heterocycles. The van der Waals surface area contributed by atoms with Crippen molar-refractivity contribution in [1.82, 2.24) is 0 Å². The standard InChI is InChI=1S/C21H23NO2/c1-14-11-15(2)18-19(16(14)3)24-20(4,5)21(18,13-22)23-12-17-9-7-6-8-10-17/h6-11H,12H2,1-5H3. The van der Waals surface area contributed by atoms with Crippen molar-refractivity contribution in [2.75, 3.05) is 0 Å². The van der Waals surface area contributed by atoms with Gasteiger partial charge in [-0.15, -0.1) is 0 Å². The van der Waals surface area contributed by atoms with Gasteiger partial charge in [-0.3, -0.25) is 0 Å². The van der Waals surface area contributed by atoms with Crippen molar-refractivity contribution in [3.05, 3.63) is 64.2 Å². The Balaban J connectivity index is 2.11. The zero-order valence-electron chi connectivity index (χ0n) is 14.9. The number of hydrogen-bond donors (Lipinski definition) is 0. The molecule has 0 bridgehead atoms. The van der Waals surface area contributed by atoms with E-state index in [2.05, 4.69) is 19.1 Å². The van der Waals surface area contributed by atoms with Crippen molar-refractivity contribution in [2.45, 2.75) is 52.4 Å². The van der Waals surface area contributed by atoms with Crippen LogP contribution in [0.4, 0.5) is 0 Å². The van der Waals surface area contributed by atoms with Crippen molar-refractivity contribution in [3.63, 3.8) is 0 Å². The molecule has 24 heavy (non-hydrogen) atoms. The lowest BCUT2D eigenvalue weighted by Crippen LogP contribution is -2.48. The normalized spacial score (nSPS) is 21.0. The number of ether oxygens (including phenoxy) is 2. The predicted molar refractivity (Wildman–Crippen MR) is 93.9 cm³/mol. The minimum absolute atomic E-state index is 0.368. The molecule has 0 fully saturated rings. The maximum absolute atomic E-state index is 10.1. The Labute approximate surface area is 143 Å². The number of aryl methyl sites for hydroxylation is 2. The van der Waals surface area contributed by atoms with E-state index in [4.69, 9.17) is 9.47 Å². The third-order valence-electron chi connectivity index (χ3n) is 5.00. The number of nitriles is 1. The van der Waals surface area contributed by atoms with Crippen LogP contribution in [0.5, 0.6) is 5.75 Å². The Kier molecular flexibility index (Phi) is 3.89. The predicted octanol–water partition coefficient (Wildman–Crippen LogP) is 4.72. The fraction of sp³-hybridized carbons (Fsp3) is 0.381. The summed E-state index contributed by atoms with van der Waals surface area (Å²) >= 11 is 0. The molecule has 124 valence electrons. The van der Waals surface area contributed by atoms with Gasteiger partial charge >= 0.3 is 0 Å². The van der Waals surface area contributed by atoms with E-state index >= 15 is 0 Å². The van der Waals surface area contributed by atoms with E-state index in [1.165, 1.54) is 5.56 Å². The molecule has 0 amide bonds. The van der Waals surface area contributed by atoms with Gasteiger partial charge in [-0.25, -0.2) is 0 Å². The van der Waals surface area contributed by atoms with Crippen LogP contribution in [-0.4, -0.2) is 5.60 Å². The van der Waals surface area contributed by atoms with Crippen molar-refractivity contribution in [3.8, 4) is 11.8 Å². The second-order valence-corrected chi connectivity index (χ2v) is 7.02. The summed E-state index contributed by atoms with van der Waals surface area (Å²) < 4.78 is 12.5. The molecule has 3 nitrogen and oxygen atoms in total. The van der Waals surface area contributed by atoms with Gasteiger partial charge in [-0.2, -0.15) is 5.26 Å². The molecule has 1 aliphatic rings. The molecule has 0 aliphatic carbocycles. The molecule has 0 aromatic heterocycles. The zero-order valence-corrected chi connectivity index (χ0v) is 14.9. The highest BCUT2D eigenvalue weighted by molar-refractivity contribution is 5.59. The second-order valence-electron chi connectivity index (χ2n) is 7.02. The maximum Gasteiger partial charge on any atom is 0.222 e. The second kappa shape index (κ2) is 5.65. The maximum atomic E-state index is 10.1. The first kappa shape index (κ1) is 16.5. The first-order valence-corrected chi connectivity index (χ1v) is 8.22. The quantitative estimate of drug-likeness (QED) is 0.821. The van der Waals surface area contributed by atoms with Gasteiger partial charge in [-0.1, -0.05) is 36.4 Å². The van der Waals surface area contributed by atoms with Gasteiger partial charge in [-0.05, 0) is 56.9 Å². The van der Waals surface area contributed by atoms with E-state index in [0.29, 0.717) is 6.61 Å². The summed E-state index contributed by atoms with van der Waals surface area (Å²) in [6, 6.07) is 14.5. The summed E-state index contributed by atoms with van der Waals surface area (Å²) in [6.45, 7) is 10.3. The lowest BCUT2D eigenvalue weighted by Gasteiger charge is -2.34. The molecule has 0 saturated heterocycles. The SMILES string of the molecule is Cc1cc(C)c2c(c1C)OC(C)(C)C2(C#N)OCc1ccccc1. The van der Waals surface area contributed by atoms with E-state index in [0.717, 1.165) is 28.0 Å². The summed E-state index contributed by atoms with van der Waals surface area (Å²) in [5.41, 5.74) is 3.30. The number of hydrogen-bond acceptors (Lipinski definition) is 3. The topological polar surface area (TPSA) is 42.2 Å². The van der Waals surface area contributed by atoms with Crippen molar-refractivity contribution in [2.24, 2.45) is 0 Å². The van der Waals surface area contributed by atoms with Gasteiger partial charge in [0, 0.05) is 5.56 Å². The van der Waals surface area contributed by atoms with Crippen molar-refractivity contribution in [1.29, 1.82) is 5.26 Å². The average Bonchev–Trinajstić information content (AvgIpc) is 2.80. The molecule has 0 spiro atoms. The van der Waals surface area contributed by atoms with E-state index in [-0.39, 0.29) is 0 Å². The molecule has 0 saturated carbocycles. The molecule has 2 aromatic rings. The van der Waals surface area contributed by atoms with Crippen LogP contribution in [0.2, 0.25) is 0 Å². The Morgan fingerprint density at radius 2 is 1.75 bits per heavy atom. The van der Waals surface area contributed by atoms with E-state index in [9.17, 15) is 5.26 Å². The van der Waals surface area contributed by atoms with Gasteiger partial charge in [0.1, 0.15) is 11.8 Å². The number of fused-ring (bicyclic) bond motifs is 1. The van der Waals surface area contributed by atoms with Crippen LogP contribution in [0.25, 0.3) is 0 Å². The summed E-state index contributed by atoms with van der Waals surface area (Å²) in [5.74, 6) is 0.798. The lowest BCUT2D eigenvalue weighted by molar-refractivity contribution is -0.112. The summed E-state index contributed by atoms with van der Waals surface area (Å²) in [5, 5.41) is 10.1. The van der Waals surface area contributed by atoms with Gasteiger partial charge < -0.3 is 9.47 Å². The van der Waals surface area contributed by atoms with Crippen LogP contribution < -0.4 is 4.74 Å². The third kappa shape index (κ3) is 2.30. The average molecular weight is 321 g/mol. The van der Waals surface area contributed by atoms with Gasteiger partial charge in [0.2, 0.25) is 5.60 Å². The Hall–Kier alpha value is -2.31. The molecule has 3 rings (SSSR count). The zero-order chi connectivity index (χ0) is 17.5. The minimum Gasteiger partial charge on any atom is -0.483 e. The Bertz CT molecular complexity index is 818. The minimum atomic E-state index is -1.12. The van der Waals surface area contributed by atoms with Crippen LogP contribution in [0, 0.1) is 32.1 Å². The van der Waals surface area contributed by atoms with Crippen LogP contribution in [0.15, 0.2) is 36.4 Å². The molecule has 2 aromatic carbocycles. The number of rotatable bonds is 3. The number of benzene rings is 2. The van der Waals surface area contributed by atoms with E-state index < -0.39 is 11.2 Å². The van der Waals surface area contributed by atoms with Crippen LogP contribution in [-0.2, 0) is 16.9 Å². The highest BCUT2D eigenvalue weighted by Gasteiger charge is 2.58. The first-order valence-electron chi connectivity index (χ1n) is 8.22. The molecule has 0 radical (unpaired) electrons. The van der Waals surface area contributed by atoms with Crippen LogP contribution in [0.1, 0.15) is 41.7 Å². The molecular weight excluding hydrogens is 298 g/mol. The summed E-state index contributed by atoms with van der Waals surface area (Å²) in [6.07, 6.45) is 0. The first-order chi connectivity index (χ1) is 11.3. The third-order valence-corrected chi connectivity index (χ3v) is 5.00. The molecule has 0 N–H and O–H groups in total. The Morgan fingerprint density at radius 1 is 1.08 bits per heavy atom. The largest absolute Gasteiger partial charge is 0.483 e. The van der Waals surface area contributed by atoms with Crippen LogP contribution >= 0.6 is 0 Å². The smallest absolute Gasteiger partial charge is 0.222 e. The van der Waals surface area contributed by atoms with Gasteiger partial charge in [0.05, 0.1) is 6.61 Å². The van der Waals surface area contributed by atoms with Crippen molar-refractivity contribution >= 4 is 0 Å². The molecule has 3 heteroatoms.